The van der Waals surface area contributed by atoms with Gasteiger partial charge in [0.2, 0.25) is 0 Å². The summed E-state index contributed by atoms with van der Waals surface area (Å²) in [6.45, 7) is 9.98. The molecule has 192 valence electrons. The van der Waals surface area contributed by atoms with E-state index < -0.39 is 5.97 Å². The number of hydrogen-bond acceptors (Lipinski definition) is 4. The van der Waals surface area contributed by atoms with Gasteiger partial charge in [-0.1, -0.05) is 46.3 Å². The van der Waals surface area contributed by atoms with Crippen molar-refractivity contribution in [1.82, 2.24) is 0 Å². The fourth-order valence-electron chi connectivity index (χ4n) is 5.08. The predicted octanol–water partition coefficient (Wildman–Crippen LogP) is 7.11. The highest BCUT2D eigenvalue weighted by molar-refractivity contribution is 6.03. The molecule has 2 aliphatic rings. The van der Waals surface area contributed by atoms with E-state index in [4.69, 9.17) is 19.6 Å². The lowest BCUT2D eigenvalue weighted by atomic mass is 9.92. The lowest BCUT2D eigenvalue weighted by molar-refractivity contribution is -0.137. The van der Waals surface area contributed by atoms with E-state index in [0.717, 1.165) is 61.3 Å². The number of aryl methyl sites for hydroxylation is 2. The molecule has 36 heavy (non-hydrogen) atoms. The summed E-state index contributed by atoms with van der Waals surface area (Å²) >= 11 is 0. The number of carboxylic acids is 1. The normalized spacial score (nSPS) is 16.9. The second-order valence-corrected chi connectivity index (χ2v) is 10.9. The van der Waals surface area contributed by atoms with Crippen LogP contribution in [0, 0.1) is 5.41 Å². The minimum atomic E-state index is -0.733. The van der Waals surface area contributed by atoms with Crippen LogP contribution in [0.4, 0.5) is 0 Å². The Hall–Kier alpha value is -3.08. The number of fused-ring (bicyclic) bond motifs is 1. The van der Waals surface area contributed by atoms with Crippen LogP contribution < -0.4 is 9.47 Å². The number of ether oxygens (including phenoxy) is 2. The maximum Gasteiger partial charge on any atom is 0.303 e. The maximum atomic E-state index is 11.1. The largest absolute Gasteiger partial charge is 0.493 e. The second kappa shape index (κ2) is 11.3. The summed E-state index contributed by atoms with van der Waals surface area (Å²) in [5.74, 6) is 1.19. The average Bonchev–Trinajstić information content (AvgIpc) is 3.47. The van der Waals surface area contributed by atoms with Crippen molar-refractivity contribution in [2.24, 2.45) is 10.4 Å². The Kier molecular flexibility index (Phi) is 8.17. The Morgan fingerprint density at radius 1 is 1.11 bits per heavy atom. The Balaban J connectivity index is 1.29. The molecule has 0 saturated heterocycles. The molecule has 5 heteroatoms. The topological polar surface area (TPSA) is 68.1 Å². The number of hydrogen-bond donors (Lipinski definition) is 1. The van der Waals surface area contributed by atoms with Gasteiger partial charge >= 0.3 is 5.97 Å². The Morgan fingerprint density at radius 3 is 2.64 bits per heavy atom. The zero-order chi connectivity index (χ0) is 25.7. The molecular formula is C31H39NO4. The summed E-state index contributed by atoms with van der Waals surface area (Å²) in [5, 5.41) is 9.11. The van der Waals surface area contributed by atoms with Gasteiger partial charge < -0.3 is 14.6 Å². The van der Waals surface area contributed by atoms with E-state index in [-0.39, 0.29) is 17.8 Å². The van der Waals surface area contributed by atoms with Crippen LogP contribution in [-0.2, 0) is 17.6 Å². The third kappa shape index (κ3) is 6.37. The van der Waals surface area contributed by atoms with Gasteiger partial charge in [-0.2, -0.15) is 0 Å². The molecule has 0 unspecified atom stereocenters. The quantitative estimate of drug-likeness (QED) is 0.341. The molecule has 0 fully saturated rings. The first-order valence-corrected chi connectivity index (χ1v) is 13.3. The Labute approximate surface area is 215 Å². The zero-order valence-corrected chi connectivity index (χ0v) is 22.1. The third-order valence-electron chi connectivity index (χ3n) is 6.98. The highest BCUT2D eigenvalue weighted by Crippen LogP contribution is 2.37. The molecule has 0 amide bonds. The fraction of sp³-hybridized carbons (Fsp3) is 0.484. The number of carboxylic acid groups (broad SMARTS) is 1. The molecule has 1 heterocycles. The van der Waals surface area contributed by atoms with Crippen LogP contribution in [0.3, 0.4) is 0 Å². The molecule has 0 aromatic heterocycles. The Bertz CT molecular complexity index is 1160. The van der Waals surface area contributed by atoms with Crippen LogP contribution in [0.5, 0.6) is 11.5 Å². The molecule has 2 aromatic rings. The van der Waals surface area contributed by atoms with Crippen LogP contribution in [0.1, 0.15) is 88.0 Å². The van der Waals surface area contributed by atoms with Crippen LogP contribution in [0.15, 0.2) is 53.2 Å². The van der Waals surface area contributed by atoms with Gasteiger partial charge in [-0.15, -0.1) is 0 Å². The number of aliphatic imine (C=N–C) groups is 1. The van der Waals surface area contributed by atoms with E-state index in [9.17, 15) is 4.79 Å². The number of nitrogens with zero attached hydrogens (tertiary/aromatic N) is 1. The smallest absolute Gasteiger partial charge is 0.303 e. The van der Waals surface area contributed by atoms with Gasteiger partial charge in [0.05, 0.1) is 25.3 Å². The first-order chi connectivity index (χ1) is 17.2. The summed E-state index contributed by atoms with van der Waals surface area (Å²) in [6.07, 6.45) is 7.99. The predicted molar refractivity (Wildman–Crippen MR) is 144 cm³/mol. The van der Waals surface area contributed by atoms with Crippen molar-refractivity contribution in [3.8, 4) is 11.5 Å². The molecule has 2 aromatic carbocycles. The molecule has 0 bridgehead atoms. The standard InChI is InChI=1S/C31H39NO4/c1-5-7-24-18-23(27-13-15-29(32-27)31(2,3)4)10-14-28(24)36-17-6-16-35-25-11-12-26-21(19-25)8-9-22(26)20-30(33)34/h10-12,14-15,18-19,22H,5-9,13,16-17,20H2,1-4H3,(H,33,34)/t22-/m1/s1. The van der Waals surface area contributed by atoms with Crippen molar-refractivity contribution in [2.45, 2.75) is 78.6 Å². The Morgan fingerprint density at radius 2 is 1.92 bits per heavy atom. The van der Waals surface area contributed by atoms with Crippen LogP contribution in [0.25, 0.3) is 0 Å². The van der Waals surface area contributed by atoms with Gasteiger partial charge in [0, 0.05) is 24.0 Å². The first-order valence-electron chi connectivity index (χ1n) is 13.3. The summed E-state index contributed by atoms with van der Waals surface area (Å²) in [6, 6.07) is 12.5. The summed E-state index contributed by atoms with van der Waals surface area (Å²) < 4.78 is 12.1. The lowest BCUT2D eigenvalue weighted by Crippen LogP contribution is -2.08. The van der Waals surface area contributed by atoms with Crippen molar-refractivity contribution in [1.29, 1.82) is 0 Å². The lowest BCUT2D eigenvalue weighted by Gasteiger charge is -2.17. The monoisotopic (exact) mass is 489 g/mol. The van der Waals surface area contributed by atoms with E-state index in [1.54, 1.807) is 0 Å². The maximum absolute atomic E-state index is 11.1. The fourth-order valence-corrected chi connectivity index (χ4v) is 5.08. The van der Waals surface area contributed by atoms with Crippen molar-refractivity contribution in [2.75, 3.05) is 13.2 Å². The molecule has 5 nitrogen and oxygen atoms in total. The minimum absolute atomic E-state index is 0.0711. The average molecular weight is 490 g/mol. The number of benzene rings is 2. The SMILES string of the molecule is CCCc1cc(C2=NC(C(C)(C)C)=CC2)ccc1OCCCOc1ccc2c(c1)CC[C@@H]2CC(=O)O. The molecule has 0 saturated carbocycles. The number of rotatable bonds is 11. The first kappa shape index (κ1) is 26.0. The van der Waals surface area contributed by atoms with E-state index >= 15 is 0 Å². The highest BCUT2D eigenvalue weighted by Gasteiger charge is 2.25. The van der Waals surface area contributed by atoms with E-state index in [2.05, 4.69) is 58.0 Å². The van der Waals surface area contributed by atoms with Crippen LogP contribution in [-0.4, -0.2) is 30.0 Å². The van der Waals surface area contributed by atoms with Gasteiger partial charge in [-0.05, 0) is 77.8 Å². The highest BCUT2D eigenvalue weighted by atomic mass is 16.5. The van der Waals surface area contributed by atoms with Gasteiger partial charge in [0.25, 0.3) is 0 Å². The third-order valence-corrected chi connectivity index (χ3v) is 6.98. The molecule has 1 atom stereocenters. The van der Waals surface area contributed by atoms with Crippen molar-refractivity contribution in [3.05, 3.63) is 70.4 Å². The van der Waals surface area contributed by atoms with Gasteiger partial charge in [0.15, 0.2) is 0 Å². The second-order valence-electron chi connectivity index (χ2n) is 10.9. The summed E-state index contributed by atoms with van der Waals surface area (Å²) in [7, 11) is 0. The molecule has 4 rings (SSSR count). The van der Waals surface area contributed by atoms with E-state index in [1.165, 1.54) is 22.4 Å². The van der Waals surface area contributed by atoms with Crippen molar-refractivity contribution < 1.29 is 19.4 Å². The number of aliphatic carboxylic acids is 1. The van der Waals surface area contributed by atoms with Crippen LogP contribution in [0.2, 0.25) is 0 Å². The number of allylic oxidation sites excluding steroid dienone is 2. The van der Waals surface area contributed by atoms with E-state index in [1.807, 2.05) is 12.1 Å². The van der Waals surface area contributed by atoms with Crippen molar-refractivity contribution in [3.63, 3.8) is 0 Å². The zero-order valence-electron chi connectivity index (χ0n) is 22.1. The molecule has 1 aliphatic heterocycles. The minimum Gasteiger partial charge on any atom is -0.493 e. The van der Waals surface area contributed by atoms with Gasteiger partial charge in [-0.25, -0.2) is 0 Å². The molecule has 0 spiro atoms. The van der Waals surface area contributed by atoms with Crippen molar-refractivity contribution >= 4 is 11.7 Å². The van der Waals surface area contributed by atoms with Crippen LogP contribution >= 0.6 is 0 Å². The summed E-state index contributed by atoms with van der Waals surface area (Å²) in [4.78, 5) is 16.0. The molecule has 0 radical (unpaired) electrons. The molecule has 1 aliphatic carbocycles. The number of carbonyl (C=O) groups is 1. The molecule has 1 N–H and O–H groups in total. The van der Waals surface area contributed by atoms with Gasteiger partial charge in [0.1, 0.15) is 11.5 Å². The summed E-state index contributed by atoms with van der Waals surface area (Å²) in [5.41, 5.74) is 7.18. The van der Waals surface area contributed by atoms with Gasteiger partial charge in [-0.3, -0.25) is 9.79 Å². The van der Waals surface area contributed by atoms with E-state index in [0.29, 0.717) is 13.2 Å². The molecular weight excluding hydrogens is 450 g/mol.